The van der Waals surface area contributed by atoms with Crippen LogP contribution in [0.4, 0.5) is 0 Å². The number of halogens is 2. The Morgan fingerprint density at radius 1 is 0.788 bits per heavy atom. The zero-order valence-corrected chi connectivity index (χ0v) is 28.0. The summed E-state index contributed by atoms with van der Waals surface area (Å²) in [5.74, 6) is 0.590. The molecule has 0 aromatic heterocycles. The number of allylic oxidation sites excluding steroid dienone is 4. The minimum absolute atomic E-state index is 0. The molecule has 0 saturated carbocycles. The van der Waals surface area contributed by atoms with Crippen LogP contribution in [0, 0.1) is 12.0 Å². The number of rotatable bonds is 13. The van der Waals surface area contributed by atoms with Gasteiger partial charge in [0.1, 0.15) is 0 Å². The van der Waals surface area contributed by atoms with E-state index in [1.54, 1.807) is 16.7 Å². The number of unbranched alkanes of at least 4 members (excludes halogenated alkanes) is 8. The molecule has 0 spiro atoms. The van der Waals surface area contributed by atoms with Crippen LogP contribution in [0.5, 0.6) is 0 Å². The van der Waals surface area contributed by atoms with Gasteiger partial charge < -0.3 is 5.73 Å². The molecule has 1 N–H and O–H groups in total. The second kappa shape index (κ2) is 29.2. The molecule has 1 rings (SSSR count). The van der Waals surface area contributed by atoms with E-state index < -0.39 is 0 Å². The minimum Gasteiger partial charge on any atom is -0.673 e. The normalized spacial score (nSPS) is 14.5. The first-order valence-corrected chi connectivity index (χ1v) is 15.3. The smallest absolute Gasteiger partial charge is 0.673 e. The van der Waals surface area contributed by atoms with Gasteiger partial charge in [0.15, 0.2) is 0 Å². The van der Waals surface area contributed by atoms with Crippen LogP contribution < -0.4 is 0 Å². The molecule has 0 aromatic carbocycles. The van der Waals surface area contributed by atoms with Crippen molar-refractivity contribution in [1.82, 2.24) is 0 Å². The molecule has 1 unspecified atom stereocenters. The van der Waals surface area contributed by atoms with E-state index in [0.717, 1.165) is 9.52 Å². The van der Waals surface area contributed by atoms with Crippen LogP contribution >= 0.6 is 24.8 Å². The molecule has 197 valence electrons. The van der Waals surface area contributed by atoms with Crippen molar-refractivity contribution in [2.24, 2.45) is 5.92 Å². The summed E-state index contributed by atoms with van der Waals surface area (Å²) in [6.07, 6.45) is 21.5. The zero-order valence-electron chi connectivity index (χ0n) is 23.7. The van der Waals surface area contributed by atoms with E-state index >= 15 is 0 Å². The average molecular weight is 556 g/mol. The molecule has 0 saturated heterocycles. The maximum Gasteiger partial charge on any atom is 2.00 e. The third-order valence-electron chi connectivity index (χ3n) is 5.10. The second-order valence-electron chi connectivity index (χ2n) is 9.86. The summed E-state index contributed by atoms with van der Waals surface area (Å²) < 4.78 is 0. The van der Waals surface area contributed by atoms with Crippen molar-refractivity contribution in [1.29, 1.82) is 0 Å². The van der Waals surface area contributed by atoms with Crippen LogP contribution in [0.1, 0.15) is 132 Å². The standard InChI is InChI=1S/C22H39.C4H10N.C2H7Si.2ClH.Ti/c1-5-8-10-12-13-15-16-21-19(4)18-20(7-3)22(21)17-14-11-9-6-2;1-4(2,3)5;1-3-2;;;/h19H,5-17H2,1-4H3;5H,1-3H3;3H,1-2H3;2*1H;/q2*-1;;;;+2. The van der Waals surface area contributed by atoms with E-state index in [0.29, 0.717) is 5.92 Å². The summed E-state index contributed by atoms with van der Waals surface area (Å²) in [4.78, 5) is 0. The summed E-state index contributed by atoms with van der Waals surface area (Å²) in [6.45, 7) is 19.2. The van der Waals surface area contributed by atoms with Crippen molar-refractivity contribution in [3.05, 3.63) is 28.5 Å². The molecular weight excluding hydrogens is 497 g/mol. The maximum absolute atomic E-state index is 6.94. The van der Waals surface area contributed by atoms with Gasteiger partial charge in [-0.2, -0.15) is 11.1 Å². The molecule has 0 heterocycles. The summed E-state index contributed by atoms with van der Waals surface area (Å²) in [5.41, 5.74) is 11.7. The van der Waals surface area contributed by atoms with Gasteiger partial charge in [0.2, 0.25) is 0 Å². The van der Waals surface area contributed by atoms with Gasteiger partial charge in [0.05, 0.1) is 0 Å². The predicted octanol–water partition coefficient (Wildman–Crippen LogP) is 11.0. The van der Waals surface area contributed by atoms with E-state index in [1.165, 1.54) is 83.5 Å². The Kier molecular flexibility index (Phi) is 38.9. The largest absolute Gasteiger partial charge is 2.00 e. The van der Waals surface area contributed by atoms with Crippen molar-refractivity contribution in [2.45, 2.75) is 151 Å². The van der Waals surface area contributed by atoms with Crippen molar-refractivity contribution in [3.8, 4) is 0 Å². The number of nitrogens with one attached hydrogen (secondary N) is 1. The van der Waals surface area contributed by atoms with Gasteiger partial charge in [0.25, 0.3) is 0 Å². The van der Waals surface area contributed by atoms with Gasteiger partial charge in [-0.05, 0) is 6.42 Å². The van der Waals surface area contributed by atoms with Gasteiger partial charge in [-0.15, -0.1) is 30.4 Å². The zero-order chi connectivity index (χ0) is 23.4. The Bertz CT molecular complexity index is 453. The topological polar surface area (TPSA) is 23.8 Å². The van der Waals surface area contributed by atoms with Gasteiger partial charge in [-0.25, -0.2) is 5.57 Å². The molecule has 1 nitrogen and oxygen atoms in total. The second-order valence-corrected chi connectivity index (χ2v) is 11.0. The fourth-order valence-corrected chi connectivity index (χ4v) is 3.71. The first-order valence-electron chi connectivity index (χ1n) is 13.0. The van der Waals surface area contributed by atoms with E-state index in [9.17, 15) is 0 Å². The molecule has 1 aliphatic rings. The maximum atomic E-state index is 6.94. The van der Waals surface area contributed by atoms with Crippen LogP contribution in [0.25, 0.3) is 5.73 Å². The van der Waals surface area contributed by atoms with Gasteiger partial charge in [-0.3, -0.25) is 6.08 Å². The average Bonchev–Trinajstić information content (AvgIpc) is 2.96. The van der Waals surface area contributed by atoms with Crippen LogP contribution in [-0.2, 0) is 21.7 Å². The molecule has 5 heteroatoms. The molecular formula is C28H58Cl2NSiTi. The summed E-state index contributed by atoms with van der Waals surface area (Å²) in [6, 6.07) is 0. The summed E-state index contributed by atoms with van der Waals surface area (Å²) in [5, 5.41) is 0. The Morgan fingerprint density at radius 3 is 1.58 bits per heavy atom. The van der Waals surface area contributed by atoms with Gasteiger partial charge >= 0.3 is 21.7 Å². The molecule has 0 aliphatic heterocycles. The molecule has 0 fully saturated rings. The Balaban J connectivity index is -0.000000206. The first-order chi connectivity index (χ1) is 14.2. The minimum atomic E-state index is -0.250. The van der Waals surface area contributed by atoms with Gasteiger partial charge in [-0.1, -0.05) is 145 Å². The third kappa shape index (κ3) is 29.1. The van der Waals surface area contributed by atoms with Crippen LogP contribution in [0.3, 0.4) is 0 Å². The molecule has 1 aliphatic carbocycles. The SMILES string of the molecule is CC(C)(C)[NH-].CCCCCCCCC1=C(CCCCCC)C(CC)=[C-]C1C.C[SiH]C.Cl.Cl.[Ti+2]. The van der Waals surface area contributed by atoms with Crippen molar-refractivity contribution >= 4 is 34.3 Å². The van der Waals surface area contributed by atoms with Crippen LogP contribution in [0.15, 0.2) is 16.7 Å². The summed E-state index contributed by atoms with van der Waals surface area (Å²) >= 11 is 0. The monoisotopic (exact) mass is 554 g/mol. The Hall–Kier alpha value is 0.951. The molecule has 0 bridgehead atoms. The van der Waals surface area contributed by atoms with Crippen molar-refractivity contribution in [2.75, 3.05) is 0 Å². The van der Waals surface area contributed by atoms with Crippen LogP contribution in [0.2, 0.25) is 13.1 Å². The fraction of sp³-hybridized carbons (Fsp3) is 0.857. The Morgan fingerprint density at radius 2 is 1.15 bits per heavy atom. The summed E-state index contributed by atoms with van der Waals surface area (Å²) in [7, 11) is 0.750. The number of hydrogen-bond acceptors (Lipinski definition) is 0. The molecule has 0 aromatic rings. The van der Waals surface area contributed by atoms with E-state index in [4.69, 9.17) is 5.73 Å². The van der Waals surface area contributed by atoms with Crippen molar-refractivity contribution in [3.63, 3.8) is 0 Å². The number of hydrogen-bond donors (Lipinski definition) is 0. The molecule has 1 radical (unpaired) electrons. The molecule has 33 heavy (non-hydrogen) atoms. The quantitative estimate of drug-likeness (QED) is 0.123. The first kappa shape index (κ1) is 44.0. The van der Waals surface area contributed by atoms with E-state index in [1.807, 2.05) is 20.8 Å². The van der Waals surface area contributed by atoms with E-state index in [2.05, 4.69) is 46.9 Å². The molecule has 1 atom stereocenters. The van der Waals surface area contributed by atoms with E-state index in [-0.39, 0.29) is 52.1 Å². The van der Waals surface area contributed by atoms with Crippen LogP contribution in [-0.4, -0.2) is 15.1 Å². The van der Waals surface area contributed by atoms with Gasteiger partial charge in [0, 0.05) is 9.52 Å². The predicted molar refractivity (Wildman–Crippen MR) is 157 cm³/mol. The van der Waals surface area contributed by atoms with Crippen molar-refractivity contribution < 1.29 is 21.7 Å². The molecule has 0 amide bonds. The Labute approximate surface area is 239 Å². The third-order valence-corrected chi connectivity index (χ3v) is 5.10. The fourth-order valence-electron chi connectivity index (χ4n) is 3.71.